The quantitative estimate of drug-likeness (QED) is 0.807. The molecule has 0 fully saturated rings. The molecule has 1 rings (SSSR count). The van der Waals surface area contributed by atoms with Gasteiger partial charge in [0, 0.05) is 31.9 Å². The van der Waals surface area contributed by atoms with Crippen LogP contribution in [0.4, 0.5) is 11.4 Å². The van der Waals surface area contributed by atoms with Crippen molar-refractivity contribution in [3.05, 3.63) is 24.3 Å². The SMILES string of the molecule is COC(=O)CCC(=O)Nc1ccc(N(C)C)cc1. The van der Waals surface area contributed by atoms with Crippen LogP contribution in [0.3, 0.4) is 0 Å². The van der Waals surface area contributed by atoms with Crippen molar-refractivity contribution >= 4 is 23.3 Å². The van der Waals surface area contributed by atoms with Crippen molar-refractivity contribution < 1.29 is 14.3 Å². The van der Waals surface area contributed by atoms with Gasteiger partial charge in [-0.25, -0.2) is 0 Å². The highest BCUT2D eigenvalue weighted by molar-refractivity contribution is 5.92. The molecule has 0 unspecified atom stereocenters. The molecule has 0 saturated heterocycles. The van der Waals surface area contributed by atoms with Gasteiger partial charge in [0.15, 0.2) is 0 Å². The van der Waals surface area contributed by atoms with Crippen molar-refractivity contribution in [2.45, 2.75) is 12.8 Å². The first-order valence-corrected chi connectivity index (χ1v) is 5.67. The largest absolute Gasteiger partial charge is 0.469 e. The molecule has 5 nitrogen and oxygen atoms in total. The van der Waals surface area contributed by atoms with Gasteiger partial charge in [-0.3, -0.25) is 9.59 Å². The van der Waals surface area contributed by atoms with Crippen molar-refractivity contribution in [2.24, 2.45) is 0 Å². The number of esters is 1. The maximum absolute atomic E-state index is 11.5. The molecule has 1 aromatic carbocycles. The molecule has 1 amide bonds. The van der Waals surface area contributed by atoms with E-state index < -0.39 is 0 Å². The summed E-state index contributed by atoms with van der Waals surface area (Å²) in [6.45, 7) is 0. The average molecular weight is 250 g/mol. The minimum absolute atomic E-state index is 0.0954. The van der Waals surface area contributed by atoms with Gasteiger partial charge in [0.05, 0.1) is 13.5 Å². The van der Waals surface area contributed by atoms with Crippen LogP contribution in [-0.4, -0.2) is 33.1 Å². The van der Waals surface area contributed by atoms with E-state index in [9.17, 15) is 9.59 Å². The van der Waals surface area contributed by atoms with Crippen LogP contribution in [-0.2, 0) is 14.3 Å². The lowest BCUT2D eigenvalue weighted by Gasteiger charge is -2.13. The lowest BCUT2D eigenvalue weighted by molar-refractivity contribution is -0.141. The molecule has 1 aromatic rings. The molecular weight excluding hydrogens is 232 g/mol. The van der Waals surface area contributed by atoms with Crippen LogP contribution in [0.15, 0.2) is 24.3 Å². The zero-order valence-corrected chi connectivity index (χ0v) is 10.9. The topological polar surface area (TPSA) is 58.6 Å². The van der Waals surface area contributed by atoms with Gasteiger partial charge in [0.1, 0.15) is 0 Å². The third-order valence-corrected chi connectivity index (χ3v) is 2.45. The van der Waals surface area contributed by atoms with E-state index in [1.807, 2.05) is 43.3 Å². The summed E-state index contributed by atoms with van der Waals surface area (Å²) in [4.78, 5) is 24.4. The second-order valence-electron chi connectivity index (χ2n) is 4.07. The molecule has 0 spiro atoms. The second kappa shape index (κ2) is 6.64. The molecule has 0 saturated carbocycles. The number of carbonyl (C=O) groups is 2. The number of hydrogen-bond acceptors (Lipinski definition) is 4. The van der Waals surface area contributed by atoms with Gasteiger partial charge < -0.3 is 15.0 Å². The molecule has 0 bridgehead atoms. The first-order chi connectivity index (χ1) is 8.52. The van der Waals surface area contributed by atoms with E-state index in [-0.39, 0.29) is 24.7 Å². The first-order valence-electron chi connectivity index (χ1n) is 5.67. The van der Waals surface area contributed by atoms with Gasteiger partial charge >= 0.3 is 5.97 Å². The average Bonchev–Trinajstić information content (AvgIpc) is 2.36. The summed E-state index contributed by atoms with van der Waals surface area (Å²) in [5, 5.41) is 2.72. The van der Waals surface area contributed by atoms with E-state index in [1.54, 1.807) is 0 Å². The minimum Gasteiger partial charge on any atom is -0.469 e. The Labute approximate surface area is 107 Å². The third kappa shape index (κ3) is 4.45. The van der Waals surface area contributed by atoms with Crippen LogP contribution in [0, 0.1) is 0 Å². The van der Waals surface area contributed by atoms with Crippen molar-refractivity contribution in [1.29, 1.82) is 0 Å². The number of methoxy groups -OCH3 is 1. The number of anilines is 2. The van der Waals surface area contributed by atoms with Crippen molar-refractivity contribution in [1.82, 2.24) is 0 Å². The third-order valence-electron chi connectivity index (χ3n) is 2.45. The predicted octanol–water partition coefficient (Wildman–Crippen LogP) is 1.64. The molecule has 0 atom stereocenters. The molecule has 0 aliphatic rings. The van der Waals surface area contributed by atoms with Crippen LogP contribution in [0.5, 0.6) is 0 Å². The van der Waals surface area contributed by atoms with E-state index in [1.165, 1.54) is 7.11 Å². The molecular formula is C13H18N2O3. The zero-order valence-electron chi connectivity index (χ0n) is 10.9. The number of nitrogens with zero attached hydrogens (tertiary/aromatic N) is 1. The monoisotopic (exact) mass is 250 g/mol. The second-order valence-corrected chi connectivity index (χ2v) is 4.07. The Kier molecular flexibility index (Phi) is 5.17. The number of rotatable bonds is 5. The number of ether oxygens (including phenoxy) is 1. The Morgan fingerprint density at radius 1 is 1.17 bits per heavy atom. The summed E-state index contributed by atoms with van der Waals surface area (Å²) in [6, 6.07) is 7.47. The number of amides is 1. The summed E-state index contributed by atoms with van der Waals surface area (Å²) < 4.78 is 4.47. The summed E-state index contributed by atoms with van der Waals surface area (Å²) >= 11 is 0. The lowest BCUT2D eigenvalue weighted by atomic mass is 10.2. The van der Waals surface area contributed by atoms with Crippen LogP contribution in [0.2, 0.25) is 0 Å². The maximum atomic E-state index is 11.5. The Morgan fingerprint density at radius 3 is 2.28 bits per heavy atom. The predicted molar refractivity (Wildman–Crippen MR) is 70.6 cm³/mol. The van der Waals surface area contributed by atoms with Gasteiger partial charge in [-0.15, -0.1) is 0 Å². The molecule has 18 heavy (non-hydrogen) atoms. The van der Waals surface area contributed by atoms with Crippen molar-refractivity contribution in [2.75, 3.05) is 31.4 Å². The highest BCUT2D eigenvalue weighted by atomic mass is 16.5. The fraction of sp³-hybridized carbons (Fsp3) is 0.385. The van der Waals surface area contributed by atoms with Crippen molar-refractivity contribution in [3.63, 3.8) is 0 Å². The van der Waals surface area contributed by atoms with Gasteiger partial charge in [-0.1, -0.05) is 0 Å². The standard InChI is InChI=1S/C13H18N2O3/c1-15(2)11-6-4-10(5-7-11)14-12(16)8-9-13(17)18-3/h4-7H,8-9H2,1-3H3,(H,14,16). The van der Waals surface area contributed by atoms with E-state index >= 15 is 0 Å². The molecule has 0 heterocycles. The van der Waals surface area contributed by atoms with Crippen LogP contribution in [0.1, 0.15) is 12.8 Å². The summed E-state index contributed by atoms with van der Waals surface area (Å²) in [5.74, 6) is -0.578. The molecule has 0 aromatic heterocycles. The Bertz CT molecular complexity index is 413. The van der Waals surface area contributed by atoms with Crippen LogP contribution in [0.25, 0.3) is 0 Å². The highest BCUT2D eigenvalue weighted by Crippen LogP contribution is 2.15. The summed E-state index contributed by atoms with van der Waals surface area (Å²) in [5.41, 5.74) is 1.78. The Morgan fingerprint density at radius 2 is 1.78 bits per heavy atom. The number of carbonyl (C=O) groups excluding carboxylic acids is 2. The van der Waals surface area contributed by atoms with E-state index in [2.05, 4.69) is 10.1 Å². The normalized spacial score (nSPS) is 9.72. The van der Waals surface area contributed by atoms with E-state index in [4.69, 9.17) is 0 Å². The number of nitrogens with one attached hydrogen (secondary N) is 1. The molecule has 0 radical (unpaired) electrons. The minimum atomic E-state index is -0.381. The van der Waals surface area contributed by atoms with Gasteiger partial charge in [0.2, 0.25) is 5.91 Å². The van der Waals surface area contributed by atoms with Crippen molar-refractivity contribution in [3.8, 4) is 0 Å². The highest BCUT2D eigenvalue weighted by Gasteiger charge is 2.07. The number of hydrogen-bond donors (Lipinski definition) is 1. The van der Waals surface area contributed by atoms with Gasteiger partial charge in [-0.05, 0) is 24.3 Å². The molecule has 1 N–H and O–H groups in total. The molecule has 0 aliphatic heterocycles. The first kappa shape index (κ1) is 14.0. The smallest absolute Gasteiger partial charge is 0.306 e. The Balaban J connectivity index is 2.47. The zero-order chi connectivity index (χ0) is 13.5. The van der Waals surface area contributed by atoms with Gasteiger partial charge in [-0.2, -0.15) is 0 Å². The number of benzene rings is 1. The molecule has 98 valence electrons. The Hall–Kier alpha value is -2.04. The fourth-order valence-corrected chi connectivity index (χ4v) is 1.38. The maximum Gasteiger partial charge on any atom is 0.306 e. The van der Waals surface area contributed by atoms with Gasteiger partial charge in [0.25, 0.3) is 0 Å². The lowest BCUT2D eigenvalue weighted by Crippen LogP contribution is -2.14. The van der Waals surface area contributed by atoms with Crippen LogP contribution >= 0.6 is 0 Å². The fourth-order valence-electron chi connectivity index (χ4n) is 1.38. The molecule has 5 heteroatoms. The van der Waals surface area contributed by atoms with E-state index in [0.717, 1.165) is 11.4 Å². The summed E-state index contributed by atoms with van der Waals surface area (Å²) in [6.07, 6.45) is 0.222. The summed E-state index contributed by atoms with van der Waals surface area (Å²) in [7, 11) is 5.20. The van der Waals surface area contributed by atoms with E-state index in [0.29, 0.717) is 0 Å². The molecule has 0 aliphatic carbocycles. The van der Waals surface area contributed by atoms with Crippen LogP contribution < -0.4 is 10.2 Å².